The molecule has 1 aliphatic heterocycles. The van der Waals surface area contributed by atoms with Gasteiger partial charge in [-0.1, -0.05) is 12.1 Å². The van der Waals surface area contributed by atoms with Gasteiger partial charge in [-0.2, -0.15) is 0 Å². The maximum Gasteiger partial charge on any atom is 0.255 e. The predicted octanol–water partition coefficient (Wildman–Crippen LogP) is 3.93. The van der Waals surface area contributed by atoms with Gasteiger partial charge in [-0.3, -0.25) is 19.3 Å². The van der Waals surface area contributed by atoms with E-state index in [0.29, 0.717) is 23.6 Å². The SMILES string of the molecule is Cc1nc(COc2ccc(C(=O)Nc3ccc(CN4C(=O)CCC4=O)cc3)cc2)cs1. The minimum atomic E-state index is -0.237. The third-order valence-electron chi connectivity index (χ3n) is 4.88. The normalized spacial score (nSPS) is 13.5. The average Bonchev–Trinajstić information content (AvgIpc) is 3.33. The molecule has 0 unspecified atom stereocenters. The maximum atomic E-state index is 12.5. The number of imide groups is 1. The highest BCUT2D eigenvalue weighted by Crippen LogP contribution is 2.19. The Morgan fingerprint density at radius 2 is 1.74 bits per heavy atom. The largest absolute Gasteiger partial charge is 0.487 e. The molecule has 0 aliphatic carbocycles. The summed E-state index contributed by atoms with van der Waals surface area (Å²) >= 11 is 1.58. The number of ether oxygens (including phenoxy) is 1. The number of hydrogen-bond acceptors (Lipinski definition) is 6. The van der Waals surface area contributed by atoms with Crippen LogP contribution in [0.2, 0.25) is 0 Å². The van der Waals surface area contributed by atoms with Gasteiger partial charge < -0.3 is 10.1 Å². The molecule has 0 bridgehead atoms. The fourth-order valence-electron chi connectivity index (χ4n) is 3.21. The van der Waals surface area contributed by atoms with Crippen LogP contribution in [0.25, 0.3) is 0 Å². The van der Waals surface area contributed by atoms with Crippen LogP contribution in [0.15, 0.2) is 53.9 Å². The van der Waals surface area contributed by atoms with E-state index < -0.39 is 0 Å². The summed E-state index contributed by atoms with van der Waals surface area (Å²) in [6.07, 6.45) is 0.558. The van der Waals surface area contributed by atoms with Crippen LogP contribution in [-0.2, 0) is 22.7 Å². The highest BCUT2D eigenvalue weighted by Gasteiger charge is 2.28. The zero-order valence-corrected chi connectivity index (χ0v) is 17.8. The van der Waals surface area contributed by atoms with E-state index >= 15 is 0 Å². The molecule has 0 saturated carbocycles. The molecule has 0 atom stereocenters. The van der Waals surface area contributed by atoms with Gasteiger partial charge in [0, 0.05) is 29.5 Å². The van der Waals surface area contributed by atoms with Crippen molar-refractivity contribution in [3.8, 4) is 5.75 Å². The van der Waals surface area contributed by atoms with Crippen molar-refractivity contribution in [2.75, 3.05) is 5.32 Å². The number of aromatic nitrogens is 1. The van der Waals surface area contributed by atoms with Gasteiger partial charge in [0.05, 0.1) is 17.2 Å². The minimum absolute atomic E-state index is 0.142. The number of benzene rings is 2. The van der Waals surface area contributed by atoms with E-state index in [1.54, 1.807) is 59.9 Å². The summed E-state index contributed by atoms with van der Waals surface area (Å²) in [4.78, 5) is 41.6. The first-order valence-electron chi connectivity index (χ1n) is 9.85. The first-order valence-corrected chi connectivity index (χ1v) is 10.7. The van der Waals surface area contributed by atoms with Crippen molar-refractivity contribution in [2.24, 2.45) is 0 Å². The number of carbonyl (C=O) groups excluding carboxylic acids is 3. The lowest BCUT2D eigenvalue weighted by Crippen LogP contribution is -2.28. The fourth-order valence-corrected chi connectivity index (χ4v) is 3.81. The summed E-state index contributed by atoms with van der Waals surface area (Å²) in [7, 11) is 0. The number of amides is 3. The van der Waals surface area contributed by atoms with Crippen LogP contribution in [0, 0.1) is 6.92 Å². The Morgan fingerprint density at radius 1 is 1.06 bits per heavy atom. The third-order valence-corrected chi connectivity index (χ3v) is 5.70. The molecule has 1 aliphatic rings. The number of likely N-dealkylation sites (tertiary alicyclic amines) is 1. The molecule has 7 nitrogen and oxygen atoms in total. The molecule has 4 rings (SSSR count). The number of anilines is 1. The topological polar surface area (TPSA) is 88.6 Å². The van der Waals surface area contributed by atoms with Crippen LogP contribution < -0.4 is 10.1 Å². The van der Waals surface area contributed by atoms with Crippen molar-refractivity contribution >= 4 is 34.7 Å². The van der Waals surface area contributed by atoms with Gasteiger partial charge in [0.2, 0.25) is 11.8 Å². The third kappa shape index (κ3) is 5.16. The first-order chi connectivity index (χ1) is 15.0. The Bertz CT molecular complexity index is 1090. The van der Waals surface area contributed by atoms with Crippen molar-refractivity contribution < 1.29 is 19.1 Å². The number of hydrogen-bond donors (Lipinski definition) is 1. The van der Waals surface area contributed by atoms with Gasteiger partial charge in [-0.25, -0.2) is 4.98 Å². The monoisotopic (exact) mass is 435 g/mol. The van der Waals surface area contributed by atoms with Gasteiger partial charge in [0.1, 0.15) is 12.4 Å². The average molecular weight is 436 g/mol. The van der Waals surface area contributed by atoms with E-state index in [2.05, 4.69) is 10.3 Å². The molecule has 0 spiro atoms. The molecule has 1 fully saturated rings. The van der Waals surface area contributed by atoms with Crippen LogP contribution in [0.3, 0.4) is 0 Å². The fraction of sp³-hybridized carbons (Fsp3) is 0.217. The number of nitrogens with one attached hydrogen (secondary N) is 1. The lowest BCUT2D eigenvalue weighted by atomic mass is 10.1. The van der Waals surface area contributed by atoms with Crippen molar-refractivity contribution in [1.82, 2.24) is 9.88 Å². The molecule has 1 saturated heterocycles. The number of aryl methyl sites for hydroxylation is 1. The predicted molar refractivity (Wildman–Crippen MR) is 117 cm³/mol. The first kappa shape index (κ1) is 20.7. The molecule has 158 valence electrons. The Labute approximate surface area is 183 Å². The van der Waals surface area contributed by atoms with Gasteiger partial charge in [-0.15, -0.1) is 11.3 Å². The second-order valence-electron chi connectivity index (χ2n) is 7.20. The summed E-state index contributed by atoms with van der Waals surface area (Å²) in [5.74, 6) is 0.143. The molecule has 3 amide bonds. The standard InChI is InChI=1S/C23H21N3O4S/c1-15-24-19(14-31-15)13-30-20-8-4-17(5-9-20)23(29)25-18-6-2-16(3-7-18)12-26-21(27)10-11-22(26)28/h2-9,14H,10-13H2,1H3,(H,25,29). The highest BCUT2D eigenvalue weighted by atomic mass is 32.1. The lowest BCUT2D eigenvalue weighted by molar-refractivity contribution is -0.139. The zero-order valence-electron chi connectivity index (χ0n) is 17.0. The summed E-state index contributed by atoms with van der Waals surface area (Å²) in [5.41, 5.74) is 2.85. The van der Waals surface area contributed by atoms with Crippen LogP contribution >= 0.6 is 11.3 Å². The van der Waals surface area contributed by atoms with Gasteiger partial charge in [0.15, 0.2) is 0 Å². The maximum absolute atomic E-state index is 12.5. The number of thiazole rings is 1. The Hall–Kier alpha value is -3.52. The Balaban J connectivity index is 1.31. The summed E-state index contributed by atoms with van der Waals surface area (Å²) in [6.45, 7) is 2.59. The lowest BCUT2D eigenvalue weighted by Gasteiger charge is -2.14. The summed E-state index contributed by atoms with van der Waals surface area (Å²) < 4.78 is 5.70. The number of nitrogens with zero attached hydrogens (tertiary/aromatic N) is 2. The molecular formula is C23H21N3O4S. The van der Waals surface area contributed by atoms with E-state index in [4.69, 9.17) is 4.74 Å². The van der Waals surface area contributed by atoms with Crippen molar-refractivity contribution in [2.45, 2.75) is 32.9 Å². The van der Waals surface area contributed by atoms with Crippen molar-refractivity contribution in [3.05, 3.63) is 75.7 Å². The van der Waals surface area contributed by atoms with E-state index in [1.165, 1.54) is 4.90 Å². The number of carbonyl (C=O) groups is 3. The summed E-state index contributed by atoms with van der Waals surface area (Å²) in [5, 5.41) is 5.80. The molecule has 2 heterocycles. The van der Waals surface area contributed by atoms with E-state index in [0.717, 1.165) is 16.3 Å². The van der Waals surface area contributed by atoms with Crippen molar-refractivity contribution in [3.63, 3.8) is 0 Å². The highest BCUT2D eigenvalue weighted by molar-refractivity contribution is 7.09. The Morgan fingerprint density at radius 3 is 2.35 bits per heavy atom. The van der Waals surface area contributed by atoms with Crippen molar-refractivity contribution in [1.29, 1.82) is 0 Å². The van der Waals surface area contributed by atoms with Crippen LogP contribution in [0.4, 0.5) is 5.69 Å². The molecule has 1 N–H and O–H groups in total. The molecular weight excluding hydrogens is 414 g/mol. The molecule has 0 radical (unpaired) electrons. The molecule has 31 heavy (non-hydrogen) atoms. The smallest absolute Gasteiger partial charge is 0.255 e. The van der Waals surface area contributed by atoms with Gasteiger partial charge >= 0.3 is 0 Å². The quantitative estimate of drug-likeness (QED) is 0.568. The van der Waals surface area contributed by atoms with E-state index in [-0.39, 0.29) is 37.1 Å². The Kier molecular flexibility index (Phi) is 6.08. The molecule has 3 aromatic rings. The van der Waals surface area contributed by atoms with Crippen LogP contribution in [0.1, 0.15) is 39.5 Å². The minimum Gasteiger partial charge on any atom is -0.487 e. The van der Waals surface area contributed by atoms with Crippen LogP contribution in [-0.4, -0.2) is 27.6 Å². The molecule has 8 heteroatoms. The number of rotatable bonds is 7. The molecule has 1 aromatic heterocycles. The van der Waals surface area contributed by atoms with E-state index in [1.807, 2.05) is 12.3 Å². The van der Waals surface area contributed by atoms with Gasteiger partial charge in [0.25, 0.3) is 5.91 Å². The zero-order chi connectivity index (χ0) is 21.8. The summed E-state index contributed by atoms with van der Waals surface area (Å²) in [6, 6.07) is 14.0. The second-order valence-corrected chi connectivity index (χ2v) is 8.26. The van der Waals surface area contributed by atoms with E-state index in [9.17, 15) is 14.4 Å². The van der Waals surface area contributed by atoms with Crippen LogP contribution in [0.5, 0.6) is 5.75 Å². The van der Waals surface area contributed by atoms with Gasteiger partial charge in [-0.05, 0) is 48.9 Å². The molecule has 2 aromatic carbocycles. The second kappa shape index (κ2) is 9.09.